The molecule has 0 fully saturated rings. The Kier molecular flexibility index (Phi) is 5.93. The minimum Gasteiger partial charge on any atom is -0.510 e. The number of carboxylic acid groups (broad SMARTS) is 1. The highest BCUT2D eigenvalue weighted by Crippen LogP contribution is 2.32. The summed E-state index contributed by atoms with van der Waals surface area (Å²) < 4.78 is 39.9. The fraction of sp³-hybridized carbons (Fsp3) is 0.176. The summed E-state index contributed by atoms with van der Waals surface area (Å²) in [7, 11) is 0. The Balaban J connectivity index is 0.00000280. The predicted molar refractivity (Wildman–Crippen MR) is 95.1 cm³/mol. The quantitative estimate of drug-likeness (QED) is 0.678. The van der Waals surface area contributed by atoms with Crippen molar-refractivity contribution < 1.29 is 28.2 Å². The fourth-order valence-corrected chi connectivity index (χ4v) is 2.64. The number of aliphatic hydroxyl groups is 1. The third-order valence-corrected chi connectivity index (χ3v) is 3.86. The molecule has 0 aliphatic heterocycles. The lowest BCUT2D eigenvalue weighted by Crippen LogP contribution is -2.34. The molecule has 0 saturated heterocycles. The Morgan fingerprint density at radius 2 is 1.86 bits per heavy atom. The van der Waals surface area contributed by atoms with Gasteiger partial charge in [-0.3, -0.25) is 9.59 Å². The summed E-state index contributed by atoms with van der Waals surface area (Å²) in [5.74, 6) is -1.65. The van der Waals surface area contributed by atoms with Gasteiger partial charge in [0.05, 0.1) is 12.0 Å². The third kappa shape index (κ3) is 4.06. The first kappa shape index (κ1) is 21.2. The number of aromatic nitrogens is 3. The van der Waals surface area contributed by atoms with Gasteiger partial charge in [0, 0.05) is 12.0 Å². The maximum Gasteiger partial charge on any atom is 0.416 e. The highest BCUT2D eigenvalue weighted by Gasteiger charge is 2.30. The van der Waals surface area contributed by atoms with Gasteiger partial charge in [-0.05, 0) is 23.8 Å². The molecule has 11 heteroatoms. The van der Waals surface area contributed by atoms with Crippen molar-refractivity contribution in [1.82, 2.24) is 14.6 Å². The van der Waals surface area contributed by atoms with Crippen LogP contribution >= 0.6 is 12.4 Å². The number of benzene rings is 1. The highest BCUT2D eigenvalue weighted by molar-refractivity contribution is 5.85. The molecule has 2 aromatic heterocycles. The first-order valence-electron chi connectivity index (χ1n) is 7.67. The van der Waals surface area contributed by atoms with E-state index >= 15 is 0 Å². The van der Waals surface area contributed by atoms with Gasteiger partial charge in [-0.15, -0.1) is 12.4 Å². The Morgan fingerprint density at radius 3 is 2.50 bits per heavy atom. The van der Waals surface area contributed by atoms with Crippen LogP contribution in [0.1, 0.15) is 18.4 Å². The van der Waals surface area contributed by atoms with Gasteiger partial charge in [0.25, 0.3) is 0 Å². The van der Waals surface area contributed by atoms with Gasteiger partial charge in [-0.2, -0.15) is 18.3 Å². The summed E-state index contributed by atoms with van der Waals surface area (Å²) in [5, 5.41) is 22.4. The van der Waals surface area contributed by atoms with Crippen molar-refractivity contribution in [3.05, 3.63) is 57.8 Å². The molecular formula is C17H13ClF3N3O4. The summed E-state index contributed by atoms with van der Waals surface area (Å²) >= 11 is 0. The van der Waals surface area contributed by atoms with E-state index in [9.17, 15) is 27.9 Å². The second-order valence-electron chi connectivity index (χ2n) is 5.69. The van der Waals surface area contributed by atoms with Crippen molar-refractivity contribution in [1.29, 1.82) is 0 Å². The minimum absolute atomic E-state index is 0. The summed E-state index contributed by atoms with van der Waals surface area (Å²) in [6.07, 6.45) is -4.18. The standard InChI is InChI=1S/C17H12F3N3O4.ClH/c18-17(19,20)10-3-1-2-9(6-10)11-7-13(25)15(12(24)4-5-14(26)27)23-16(11)21-8-22-23;/h1-3,6-8,24H,4-5H2,(H,26,27);1H. The zero-order valence-corrected chi connectivity index (χ0v) is 14.8. The topological polar surface area (TPSA) is 105 Å². The monoisotopic (exact) mass is 415 g/mol. The van der Waals surface area contributed by atoms with Gasteiger partial charge in [-0.25, -0.2) is 9.50 Å². The van der Waals surface area contributed by atoms with E-state index in [1.165, 1.54) is 12.1 Å². The lowest BCUT2D eigenvalue weighted by atomic mass is 10.0. The number of alkyl halides is 3. The molecule has 28 heavy (non-hydrogen) atoms. The Bertz CT molecular complexity index is 1140. The molecule has 0 radical (unpaired) electrons. The average Bonchev–Trinajstić information content (AvgIpc) is 3.07. The molecule has 148 valence electrons. The molecule has 0 aliphatic rings. The number of pyridine rings is 1. The smallest absolute Gasteiger partial charge is 0.416 e. The van der Waals surface area contributed by atoms with Gasteiger partial charge >= 0.3 is 12.1 Å². The van der Waals surface area contributed by atoms with Crippen LogP contribution in [0.25, 0.3) is 22.5 Å². The number of nitrogens with zero attached hydrogens (tertiary/aromatic N) is 3. The number of fused-ring (bicyclic) bond motifs is 1. The second-order valence-corrected chi connectivity index (χ2v) is 5.69. The van der Waals surface area contributed by atoms with Crippen LogP contribution < -0.4 is 10.8 Å². The van der Waals surface area contributed by atoms with Gasteiger partial charge in [0.1, 0.15) is 12.1 Å². The van der Waals surface area contributed by atoms with E-state index in [1.54, 1.807) is 0 Å². The molecule has 0 unspecified atom stereocenters. The molecule has 0 saturated carbocycles. The molecule has 7 nitrogen and oxygen atoms in total. The van der Waals surface area contributed by atoms with Crippen molar-refractivity contribution in [2.75, 3.05) is 0 Å². The minimum atomic E-state index is -4.55. The van der Waals surface area contributed by atoms with Crippen molar-refractivity contribution >= 4 is 29.8 Å². The van der Waals surface area contributed by atoms with Gasteiger partial charge in [-0.1, -0.05) is 12.1 Å². The Hall–Kier alpha value is -3.14. The lowest BCUT2D eigenvalue weighted by Gasteiger charge is -2.09. The molecule has 3 aromatic rings. The number of rotatable bonds is 4. The first-order chi connectivity index (χ1) is 12.7. The highest BCUT2D eigenvalue weighted by atomic mass is 35.5. The third-order valence-electron chi connectivity index (χ3n) is 3.86. The number of hydrogen-bond acceptors (Lipinski definition) is 5. The average molecular weight is 416 g/mol. The molecule has 0 amide bonds. The van der Waals surface area contributed by atoms with Crippen LogP contribution in [0.4, 0.5) is 13.2 Å². The van der Waals surface area contributed by atoms with Crippen LogP contribution in [-0.2, 0) is 11.0 Å². The second kappa shape index (κ2) is 7.85. The molecule has 0 bridgehead atoms. The lowest BCUT2D eigenvalue weighted by molar-refractivity contribution is -0.138. The maximum absolute atomic E-state index is 13.0. The molecule has 0 atom stereocenters. The summed E-state index contributed by atoms with van der Waals surface area (Å²) in [5.41, 5.74) is -1.32. The summed E-state index contributed by atoms with van der Waals surface area (Å²) in [6, 6.07) is 5.44. The van der Waals surface area contributed by atoms with E-state index in [4.69, 9.17) is 5.11 Å². The van der Waals surface area contributed by atoms with Crippen LogP contribution in [0.5, 0.6) is 0 Å². The van der Waals surface area contributed by atoms with E-state index < -0.39 is 35.3 Å². The SMILES string of the molecule is Cl.O=C(O)CCC(O)=c1c(=O)cc(-c2cccc(C(F)(F)F)c2)c2ncnn12. The first-order valence-corrected chi connectivity index (χ1v) is 7.67. The molecular weight excluding hydrogens is 403 g/mol. The van der Waals surface area contributed by atoms with Gasteiger partial charge < -0.3 is 10.2 Å². The van der Waals surface area contributed by atoms with E-state index in [0.29, 0.717) is 0 Å². The van der Waals surface area contributed by atoms with Crippen molar-refractivity contribution in [3.63, 3.8) is 0 Å². The van der Waals surface area contributed by atoms with Gasteiger partial charge in [0.2, 0.25) is 5.43 Å². The normalized spacial score (nSPS) is 12.5. The van der Waals surface area contributed by atoms with Crippen LogP contribution in [-0.4, -0.2) is 30.8 Å². The number of aliphatic hydroxyl groups excluding tert-OH is 1. The van der Waals surface area contributed by atoms with Crippen molar-refractivity contribution in [2.45, 2.75) is 19.0 Å². The van der Waals surface area contributed by atoms with E-state index in [2.05, 4.69) is 10.1 Å². The van der Waals surface area contributed by atoms with Crippen LogP contribution in [0.2, 0.25) is 0 Å². The fourth-order valence-electron chi connectivity index (χ4n) is 2.64. The Labute approximate surface area is 161 Å². The number of hydrogen-bond donors (Lipinski definition) is 2. The Morgan fingerprint density at radius 1 is 1.14 bits per heavy atom. The predicted octanol–water partition coefficient (Wildman–Crippen LogP) is 2.45. The van der Waals surface area contributed by atoms with E-state index in [-0.39, 0.29) is 41.0 Å². The summed E-state index contributed by atoms with van der Waals surface area (Å²) in [6.45, 7) is 0. The number of halogens is 4. The number of carbonyl (C=O) groups is 1. The molecule has 0 aliphatic carbocycles. The molecule has 1 aromatic carbocycles. The van der Waals surface area contributed by atoms with Crippen LogP contribution in [0, 0.1) is 0 Å². The number of aliphatic carboxylic acids is 1. The molecule has 2 N–H and O–H groups in total. The van der Waals surface area contributed by atoms with E-state index in [1.807, 2.05) is 0 Å². The number of carboxylic acids is 1. The summed E-state index contributed by atoms with van der Waals surface area (Å²) in [4.78, 5) is 27.1. The van der Waals surface area contributed by atoms with E-state index in [0.717, 1.165) is 29.0 Å². The van der Waals surface area contributed by atoms with Crippen LogP contribution in [0.15, 0.2) is 41.5 Å². The zero-order valence-electron chi connectivity index (χ0n) is 14.0. The zero-order chi connectivity index (χ0) is 19.8. The van der Waals surface area contributed by atoms with Crippen molar-refractivity contribution in [3.8, 4) is 11.1 Å². The van der Waals surface area contributed by atoms with Crippen molar-refractivity contribution in [2.24, 2.45) is 0 Å². The molecule has 2 heterocycles. The van der Waals surface area contributed by atoms with Crippen LogP contribution in [0.3, 0.4) is 0 Å². The van der Waals surface area contributed by atoms with Gasteiger partial charge in [0.15, 0.2) is 11.0 Å². The maximum atomic E-state index is 13.0. The largest absolute Gasteiger partial charge is 0.510 e. The molecule has 0 spiro atoms. The molecule has 3 rings (SSSR count).